The van der Waals surface area contributed by atoms with Crippen LogP contribution in [0.25, 0.3) is 159 Å². The second kappa shape index (κ2) is 17.9. The molecule has 0 aliphatic heterocycles. The molecule has 0 spiro atoms. The molecule has 0 heterocycles. The Morgan fingerprint density at radius 3 is 1.31 bits per heavy atom. The largest absolute Gasteiger partial charge is 0.0836 e. The number of fused-ring (bicyclic) bond motifs is 8. The van der Waals surface area contributed by atoms with Crippen molar-refractivity contribution in [1.29, 1.82) is 0 Å². The van der Waals surface area contributed by atoms with Gasteiger partial charge in [-0.2, -0.15) is 0 Å². The summed E-state index contributed by atoms with van der Waals surface area (Å²) >= 11 is 0. The Balaban J connectivity index is 1.11. The minimum Gasteiger partial charge on any atom is -0.0836 e. The van der Waals surface area contributed by atoms with Gasteiger partial charge in [-0.1, -0.05) is 231 Å². The molecule has 15 aromatic carbocycles. The van der Waals surface area contributed by atoms with E-state index in [-0.39, 0.29) is 0 Å². The highest BCUT2D eigenvalue weighted by Gasteiger charge is 2.28. The summed E-state index contributed by atoms with van der Waals surface area (Å²) in [5.41, 5.74) is 19.6. The normalized spacial score (nSPS) is 12.8. The van der Waals surface area contributed by atoms with Gasteiger partial charge < -0.3 is 0 Å². The Bertz CT molecular complexity index is 4840. The summed E-state index contributed by atoms with van der Waals surface area (Å²) in [6.45, 7) is 0. The zero-order valence-electron chi connectivity index (χ0n) is 43.0. The number of hydrogen-bond donors (Lipinski definition) is 0. The Hall–Kier alpha value is -9.88. The third-order valence-electron chi connectivity index (χ3n) is 16.9. The van der Waals surface area contributed by atoms with E-state index in [1.807, 2.05) is 0 Å². The smallest absolute Gasteiger partial charge is 0.000719 e. The van der Waals surface area contributed by atoms with Crippen molar-refractivity contribution in [3.63, 3.8) is 0 Å². The fraction of sp³-hybridized carbons (Fsp3) is 0.0256. The van der Waals surface area contributed by atoms with E-state index in [1.54, 1.807) is 0 Å². The lowest BCUT2D eigenvalue weighted by molar-refractivity contribution is 1.04. The number of allylic oxidation sites excluding steroid dienone is 4. The summed E-state index contributed by atoms with van der Waals surface area (Å²) in [5, 5.41) is 18.0. The summed E-state index contributed by atoms with van der Waals surface area (Å²) in [6, 6.07) is 98.2. The van der Waals surface area contributed by atoms with Crippen molar-refractivity contribution >= 4 is 81.0 Å². The summed E-state index contributed by atoms with van der Waals surface area (Å²) < 4.78 is 0. The molecule has 0 N–H and O–H groups in total. The molecule has 0 aromatic heterocycles. The van der Waals surface area contributed by atoms with E-state index in [4.69, 9.17) is 0 Å². The summed E-state index contributed by atoms with van der Waals surface area (Å²) in [6.07, 6.45) is 9.20. The summed E-state index contributed by atoms with van der Waals surface area (Å²) in [4.78, 5) is 0. The molecule has 0 nitrogen and oxygen atoms in total. The van der Waals surface area contributed by atoms with E-state index >= 15 is 0 Å². The third kappa shape index (κ3) is 7.00. The minimum atomic E-state index is 1.03. The van der Waals surface area contributed by atoms with Gasteiger partial charge >= 0.3 is 0 Å². The van der Waals surface area contributed by atoms with Crippen LogP contribution >= 0.6 is 0 Å². The van der Waals surface area contributed by atoms with Gasteiger partial charge in [0.25, 0.3) is 0 Å². The van der Waals surface area contributed by atoms with Crippen LogP contribution in [0.2, 0.25) is 0 Å². The van der Waals surface area contributed by atoms with Crippen molar-refractivity contribution in [3.8, 4) is 77.9 Å². The monoisotopic (exact) mass is 986 g/mol. The predicted octanol–water partition coefficient (Wildman–Crippen LogP) is 22.0. The predicted molar refractivity (Wildman–Crippen MR) is 336 cm³/mol. The molecule has 0 heteroatoms. The van der Waals surface area contributed by atoms with Crippen molar-refractivity contribution in [2.75, 3.05) is 0 Å². The van der Waals surface area contributed by atoms with Gasteiger partial charge in [-0.05, 0) is 226 Å². The number of rotatable bonds is 8. The van der Waals surface area contributed by atoms with Gasteiger partial charge in [-0.3, -0.25) is 0 Å². The van der Waals surface area contributed by atoms with Crippen LogP contribution < -0.4 is 0 Å². The quantitative estimate of drug-likeness (QED) is 0.133. The van der Waals surface area contributed by atoms with Gasteiger partial charge in [0.2, 0.25) is 0 Å². The first kappa shape index (κ1) is 44.4. The molecule has 0 amide bonds. The van der Waals surface area contributed by atoms with Crippen LogP contribution in [0.5, 0.6) is 0 Å². The molecule has 16 rings (SSSR count). The Morgan fingerprint density at radius 2 is 0.705 bits per heavy atom. The van der Waals surface area contributed by atoms with Gasteiger partial charge in [-0.25, -0.2) is 0 Å². The highest BCUT2D eigenvalue weighted by atomic mass is 14.3. The molecule has 362 valence electrons. The van der Waals surface area contributed by atoms with E-state index in [0.29, 0.717) is 0 Å². The standard InChI is InChI=1S/C78H50/c1-6-21-49(22-7-1)56-41-57(50-23-8-2-9-24-50)44-60(43-56)73-71-48-70-64-40-39-55(63-34-17-16-33-62(63)53-29-14-5-15-30-53)47-69(64)65-35-20-38-68(75(65)70)76(71)74(78-67-37-19-32-54-31-18-36-66(72(54)67)77(73)78)61-45-58(51-25-10-3-11-26-51)42-59(46-61)52-27-12-4-13-28-52/h1,3-8,10-48H,2,9H2. The average molecular weight is 987 g/mol. The van der Waals surface area contributed by atoms with Crippen LogP contribution in [0.1, 0.15) is 18.4 Å². The van der Waals surface area contributed by atoms with Crippen molar-refractivity contribution in [2.45, 2.75) is 12.8 Å². The van der Waals surface area contributed by atoms with E-state index in [9.17, 15) is 0 Å². The molecule has 15 aromatic rings. The molecule has 1 aliphatic carbocycles. The summed E-state index contributed by atoms with van der Waals surface area (Å²) in [7, 11) is 0. The maximum Gasteiger partial charge on any atom is -0.000719 e. The fourth-order valence-corrected chi connectivity index (χ4v) is 13.5. The molecule has 0 radical (unpaired) electrons. The van der Waals surface area contributed by atoms with Crippen LogP contribution in [-0.2, 0) is 0 Å². The fourth-order valence-electron chi connectivity index (χ4n) is 13.5. The van der Waals surface area contributed by atoms with Gasteiger partial charge in [0.1, 0.15) is 0 Å². The Labute approximate surface area is 453 Å². The molecule has 78 heavy (non-hydrogen) atoms. The van der Waals surface area contributed by atoms with E-state index in [1.165, 1.54) is 164 Å². The number of hydrogen-bond acceptors (Lipinski definition) is 0. The van der Waals surface area contributed by atoms with Crippen molar-refractivity contribution in [2.24, 2.45) is 0 Å². The first-order valence-electron chi connectivity index (χ1n) is 27.5. The van der Waals surface area contributed by atoms with Crippen LogP contribution in [0, 0.1) is 0 Å². The van der Waals surface area contributed by atoms with Gasteiger partial charge in [0, 0.05) is 0 Å². The Morgan fingerprint density at radius 1 is 0.218 bits per heavy atom. The topological polar surface area (TPSA) is 0 Å². The molecule has 0 saturated heterocycles. The maximum atomic E-state index is 2.60. The molecular formula is C78H50. The van der Waals surface area contributed by atoms with Crippen molar-refractivity contribution in [3.05, 3.63) is 285 Å². The molecule has 0 saturated carbocycles. The molecule has 1 aliphatic rings. The zero-order valence-corrected chi connectivity index (χ0v) is 43.0. The second-order valence-electron chi connectivity index (χ2n) is 21.3. The van der Waals surface area contributed by atoms with Crippen LogP contribution in [0.15, 0.2) is 279 Å². The lowest BCUT2D eigenvalue weighted by atomic mass is 9.81. The number of benzene rings is 13. The van der Waals surface area contributed by atoms with Gasteiger partial charge in [0.15, 0.2) is 0 Å². The first-order chi connectivity index (χ1) is 38.7. The highest BCUT2D eigenvalue weighted by molar-refractivity contribution is 6.45. The van der Waals surface area contributed by atoms with Crippen LogP contribution in [-0.4, -0.2) is 0 Å². The first-order valence-corrected chi connectivity index (χ1v) is 27.5. The second-order valence-corrected chi connectivity index (χ2v) is 21.3. The molecule has 0 unspecified atom stereocenters. The summed E-state index contributed by atoms with van der Waals surface area (Å²) in [5.74, 6) is 0. The minimum absolute atomic E-state index is 1.03. The molecule has 0 fully saturated rings. The third-order valence-corrected chi connectivity index (χ3v) is 16.9. The van der Waals surface area contributed by atoms with Crippen LogP contribution in [0.3, 0.4) is 0 Å². The van der Waals surface area contributed by atoms with E-state index < -0.39 is 0 Å². The Kier molecular flexibility index (Phi) is 10.2. The van der Waals surface area contributed by atoms with Gasteiger partial charge in [0.05, 0.1) is 0 Å². The SMILES string of the molecule is C1=CC(c2cc(-c3ccccc3)cc(-c3c4cc5c6ccc(-c7ccccc7-c7ccccc7)cc6c6cccc(c4c(-c4cc(-c7ccccc7)cc(-c7ccccc7)c4)c4c7cccc8cccc(c34)c87)c65)c2)=CCC1. The zero-order chi connectivity index (χ0) is 51.3. The van der Waals surface area contributed by atoms with E-state index in [2.05, 4.69) is 279 Å². The highest BCUT2D eigenvalue weighted by Crippen LogP contribution is 2.56. The average Bonchev–Trinajstić information content (AvgIpc) is 4.25. The van der Waals surface area contributed by atoms with Crippen molar-refractivity contribution in [1.82, 2.24) is 0 Å². The lowest BCUT2D eigenvalue weighted by Gasteiger charge is -2.21. The van der Waals surface area contributed by atoms with E-state index in [0.717, 1.165) is 12.8 Å². The lowest BCUT2D eigenvalue weighted by Crippen LogP contribution is -1.94. The molecule has 0 bridgehead atoms. The molecular weight excluding hydrogens is 937 g/mol. The molecule has 0 atom stereocenters. The van der Waals surface area contributed by atoms with Gasteiger partial charge in [-0.15, -0.1) is 0 Å². The van der Waals surface area contributed by atoms with Crippen molar-refractivity contribution < 1.29 is 0 Å². The van der Waals surface area contributed by atoms with Crippen LogP contribution in [0.4, 0.5) is 0 Å². The maximum absolute atomic E-state index is 2.60.